The Bertz CT molecular complexity index is 1020. The van der Waals surface area contributed by atoms with Crippen LogP contribution in [0, 0.1) is 0 Å². The second-order valence-corrected chi connectivity index (χ2v) is 6.82. The third kappa shape index (κ3) is 3.51. The summed E-state index contributed by atoms with van der Waals surface area (Å²) in [7, 11) is 1.56. The smallest absolute Gasteiger partial charge is 0.326 e. The molecule has 0 bridgehead atoms. The lowest BCUT2D eigenvalue weighted by Gasteiger charge is -2.18. The highest BCUT2D eigenvalue weighted by molar-refractivity contribution is 5.98. The molecule has 144 valence electrons. The summed E-state index contributed by atoms with van der Waals surface area (Å²) in [6, 6.07) is 13.6. The van der Waals surface area contributed by atoms with Gasteiger partial charge in [-0.2, -0.15) is 0 Å². The van der Waals surface area contributed by atoms with Crippen molar-refractivity contribution in [1.82, 2.24) is 5.32 Å². The number of amides is 1. The van der Waals surface area contributed by atoms with E-state index in [1.54, 1.807) is 31.4 Å². The summed E-state index contributed by atoms with van der Waals surface area (Å²) < 4.78 is 10.7. The number of carboxylic acid groups (broad SMARTS) is 1. The van der Waals surface area contributed by atoms with Gasteiger partial charge in [0.05, 0.1) is 7.11 Å². The number of ether oxygens (including phenoxy) is 1. The van der Waals surface area contributed by atoms with Crippen molar-refractivity contribution in [2.24, 2.45) is 0 Å². The lowest BCUT2D eigenvalue weighted by Crippen LogP contribution is -2.43. The number of fused-ring (bicyclic) bond motifs is 2. The minimum Gasteiger partial charge on any atom is -0.497 e. The van der Waals surface area contributed by atoms with Crippen molar-refractivity contribution in [1.29, 1.82) is 0 Å². The number of para-hydroxylation sites is 1. The molecular weight excluding hydrogens is 360 g/mol. The molecule has 3 N–H and O–H groups in total. The highest BCUT2D eigenvalue weighted by Crippen LogP contribution is 2.28. The summed E-state index contributed by atoms with van der Waals surface area (Å²) in [5.74, 6) is -0.922. The fourth-order valence-electron chi connectivity index (χ4n) is 3.51. The molecule has 4 rings (SSSR count). The molecule has 0 radical (unpaired) electrons. The van der Waals surface area contributed by atoms with Gasteiger partial charge in [0, 0.05) is 17.1 Å². The Balaban J connectivity index is 1.46. The maximum atomic E-state index is 12.6. The van der Waals surface area contributed by atoms with Crippen LogP contribution in [-0.4, -0.2) is 36.2 Å². The molecule has 0 saturated heterocycles. The molecule has 0 aliphatic carbocycles. The van der Waals surface area contributed by atoms with E-state index in [4.69, 9.17) is 9.15 Å². The predicted octanol–water partition coefficient (Wildman–Crippen LogP) is 3.05. The summed E-state index contributed by atoms with van der Waals surface area (Å²) in [5.41, 5.74) is 2.69. The van der Waals surface area contributed by atoms with Gasteiger partial charge < -0.3 is 24.9 Å². The molecule has 1 amide bonds. The summed E-state index contributed by atoms with van der Waals surface area (Å²) in [4.78, 5) is 24.2. The molecule has 7 nitrogen and oxygen atoms in total. The summed E-state index contributed by atoms with van der Waals surface area (Å²) in [6.45, 7) is 0. The maximum absolute atomic E-state index is 12.6. The Hall–Kier alpha value is -3.48. The van der Waals surface area contributed by atoms with Crippen LogP contribution in [0.1, 0.15) is 22.5 Å². The number of hydrogen-bond donors (Lipinski definition) is 3. The first-order valence-electron chi connectivity index (χ1n) is 8.99. The fraction of sp³-hybridized carbons (Fsp3) is 0.238. The Morgan fingerprint density at radius 1 is 1.29 bits per heavy atom. The van der Waals surface area contributed by atoms with E-state index in [1.807, 2.05) is 24.3 Å². The number of rotatable bonds is 6. The van der Waals surface area contributed by atoms with Gasteiger partial charge in [-0.15, -0.1) is 0 Å². The van der Waals surface area contributed by atoms with E-state index in [9.17, 15) is 14.7 Å². The molecule has 1 aromatic heterocycles. The van der Waals surface area contributed by atoms with E-state index >= 15 is 0 Å². The van der Waals surface area contributed by atoms with Crippen LogP contribution in [0.3, 0.4) is 0 Å². The molecule has 2 heterocycles. The summed E-state index contributed by atoms with van der Waals surface area (Å²) in [6.07, 6.45) is 0.990. The lowest BCUT2D eigenvalue weighted by atomic mass is 10.0. The standard InChI is InChI=1S/C21H20N2O5/c1-27-15-6-7-18-13(9-15)10-19(28-18)20(24)23-17(21(25)26)11-14-8-12-4-2-3-5-16(12)22-14/h2-7,9-10,14,17,22H,8,11H2,1H3,(H,23,24)(H,25,26)/t14?,17-/m0/s1. The highest BCUT2D eigenvalue weighted by atomic mass is 16.5. The number of carbonyl (C=O) groups is 2. The van der Waals surface area contributed by atoms with Crippen molar-refractivity contribution < 1.29 is 23.8 Å². The minimum absolute atomic E-state index is 0.0567. The van der Waals surface area contributed by atoms with E-state index in [0.29, 0.717) is 16.7 Å². The van der Waals surface area contributed by atoms with Crippen molar-refractivity contribution in [3.8, 4) is 5.75 Å². The van der Waals surface area contributed by atoms with Gasteiger partial charge in [-0.25, -0.2) is 4.79 Å². The molecule has 3 aromatic rings. The Morgan fingerprint density at radius 2 is 2.11 bits per heavy atom. The molecule has 28 heavy (non-hydrogen) atoms. The molecule has 7 heteroatoms. The molecule has 2 atom stereocenters. The molecule has 0 saturated carbocycles. The van der Waals surface area contributed by atoms with Gasteiger partial charge >= 0.3 is 5.97 Å². The number of nitrogens with one attached hydrogen (secondary N) is 2. The highest BCUT2D eigenvalue weighted by Gasteiger charge is 2.29. The van der Waals surface area contributed by atoms with Crippen molar-refractivity contribution >= 4 is 28.5 Å². The number of benzene rings is 2. The quantitative estimate of drug-likeness (QED) is 0.608. The van der Waals surface area contributed by atoms with E-state index in [0.717, 1.165) is 17.7 Å². The second-order valence-electron chi connectivity index (χ2n) is 6.82. The number of carbonyl (C=O) groups excluding carboxylic acids is 1. The van der Waals surface area contributed by atoms with Crippen molar-refractivity contribution in [3.05, 3.63) is 59.9 Å². The van der Waals surface area contributed by atoms with Gasteiger partial charge in [0.2, 0.25) is 0 Å². The molecular formula is C21H20N2O5. The van der Waals surface area contributed by atoms with Crippen molar-refractivity contribution in [3.63, 3.8) is 0 Å². The Kier molecular flexibility index (Phi) is 4.65. The molecule has 2 aromatic carbocycles. The molecule has 0 spiro atoms. The van der Waals surface area contributed by atoms with E-state index in [-0.39, 0.29) is 18.2 Å². The lowest BCUT2D eigenvalue weighted by molar-refractivity contribution is -0.139. The number of anilines is 1. The first-order valence-corrected chi connectivity index (χ1v) is 8.99. The van der Waals surface area contributed by atoms with Crippen LogP contribution in [0.2, 0.25) is 0 Å². The monoisotopic (exact) mass is 380 g/mol. The zero-order chi connectivity index (χ0) is 19.7. The fourth-order valence-corrected chi connectivity index (χ4v) is 3.51. The van der Waals surface area contributed by atoms with Crippen molar-refractivity contribution in [2.75, 3.05) is 12.4 Å². The van der Waals surface area contributed by atoms with E-state index in [2.05, 4.69) is 10.6 Å². The van der Waals surface area contributed by atoms with E-state index < -0.39 is 17.9 Å². The third-order valence-corrected chi connectivity index (χ3v) is 4.91. The summed E-state index contributed by atoms with van der Waals surface area (Å²) in [5, 5.41) is 16.2. The topological polar surface area (TPSA) is 101 Å². The van der Waals surface area contributed by atoms with Crippen LogP contribution in [0.25, 0.3) is 11.0 Å². The maximum Gasteiger partial charge on any atom is 0.326 e. The number of aliphatic carboxylic acids is 1. The normalized spacial score (nSPS) is 16.2. The largest absolute Gasteiger partial charge is 0.497 e. The zero-order valence-corrected chi connectivity index (χ0v) is 15.3. The zero-order valence-electron chi connectivity index (χ0n) is 15.3. The van der Waals surface area contributed by atoms with E-state index in [1.165, 1.54) is 0 Å². The first-order chi connectivity index (χ1) is 13.5. The minimum atomic E-state index is -1.08. The number of carboxylic acids is 1. The SMILES string of the molecule is COc1ccc2oc(C(=O)N[C@@H](CC3Cc4ccccc4N3)C(=O)O)cc2c1. The molecule has 1 aliphatic rings. The average Bonchev–Trinajstić information content (AvgIpc) is 3.29. The van der Waals surface area contributed by atoms with Crippen LogP contribution in [-0.2, 0) is 11.2 Å². The Morgan fingerprint density at radius 3 is 2.86 bits per heavy atom. The van der Waals surface area contributed by atoms with Crippen LogP contribution in [0.4, 0.5) is 5.69 Å². The number of furan rings is 1. The molecule has 1 unspecified atom stereocenters. The van der Waals surface area contributed by atoms with Gasteiger partial charge in [-0.05, 0) is 48.7 Å². The van der Waals surface area contributed by atoms with Gasteiger partial charge in [-0.3, -0.25) is 4.79 Å². The van der Waals surface area contributed by atoms with Crippen LogP contribution >= 0.6 is 0 Å². The van der Waals surface area contributed by atoms with Crippen LogP contribution in [0.15, 0.2) is 52.9 Å². The average molecular weight is 380 g/mol. The summed E-state index contributed by atoms with van der Waals surface area (Å²) >= 11 is 0. The number of methoxy groups -OCH3 is 1. The third-order valence-electron chi connectivity index (χ3n) is 4.91. The molecule has 1 aliphatic heterocycles. The van der Waals surface area contributed by atoms with Gasteiger partial charge in [0.15, 0.2) is 5.76 Å². The Labute approximate surface area is 161 Å². The predicted molar refractivity (Wildman–Crippen MR) is 104 cm³/mol. The van der Waals surface area contributed by atoms with Gasteiger partial charge in [0.25, 0.3) is 5.91 Å². The van der Waals surface area contributed by atoms with Crippen LogP contribution < -0.4 is 15.4 Å². The number of hydrogen-bond acceptors (Lipinski definition) is 5. The molecule has 0 fully saturated rings. The van der Waals surface area contributed by atoms with Gasteiger partial charge in [-0.1, -0.05) is 18.2 Å². The van der Waals surface area contributed by atoms with Crippen LogP contribution in [0.5, 0.6) is 5.75 Å². The van der Waals surface area contributed by atoms with Crippen molar-refractivity contribution in [2.45, 2.75) is 24.9 Å². The second kappa shape index (κ2) is 7.26. The first kappa shape index (κ1) is 17.9. The van der Waals surface area contributed by atoms with Gasteiger partial charge in [0.1, 0.15) is 17.4 Å².